The molecule has 25 heavy (non-hydrogen) atoms. The van der Waals surface area contributed by atoms with Crippen LogP contribution < -0.4 is 4.90 Å². The minimum Gasteiger partial charge on any atom is -0.372 e. The highest BCUT2D eigenvalue weighted by atomic mass is 19.1. The number of aromatic nitrogens is 2. The van der Waals surface area contributed by atoms with Gasteiger partial charge in [-0.3, -0.25) is 0 Å². The minimum absolute atomic E-state index is 0.171. The topological polar surface area (TPSA) is 21.1 Å². The molecule has 4 rings (SSSR count). The Morgan fingerprint density at radius 3 is 2.48 bits per heavy atom. The van der Waals surface area contributed by atoms with Crippen LogP contribution in [0.25, 0.3) is 11.0 Å². The Balaban J connectivity index is 1.44. The summed E-state index contributed by atoms with van der Waals surface area (Å²) in [5.74, 6) is 1.67. The van der Waals surface area contributed by atoms with Gasteiger partial charge in [-0.05, 0) is 61.6 Å². The number of benzene rings is 2. The Kier molecular flexibility index (Phi) is 4.20. The molecule has 2 heterocycles. The van der Waals surface area contributed by atoms with Gasteiger partial charge in [-0.15, -0.1) is 0 Å². The van der Waals surface area contributed by atoms with Gasteiger partial charge in [0, 0.05) is 32.2 Å². The Morgan fingerprint density at radius 1 is 1.08 bits per heavy atom. The molecule has 3 aromatic rings. The van der Waals surface area contributed by atoms with E-state index in [0.29, 0.717) is 5.92 Å². The van der Waals surface area contributed by atoms with Gasteiger partial charge in [-0.25, -0.2) is 9.37 Å². The molecule has 130 valence electrons. The number of aryl methyl sites for hydroxylation is 2. The number of para-hydroxylation sites is 1. The molecule has 0 bridgehead atoms. The van der Waals surface area contributed by atoms with Crippen molar-refractivity contribution in [3.05, 3.63) is 59.7 Å². The summed E-state index contributed by atoms with van der Waals surface area (Å²) in [5.41, 5.74) is 4.76. The van der Waals surface area contributed by atoms with Crippen molar-refractivity contribution in [2.45, 2.75) is 26.2 Å². The van der Waals surface area contributed by atoms with Crippen molar-refractivity contribution in [3.63, 3.8) is 0 Å². The van der Waals surface area contributed by atoms with Crippen LogP contribution in [0.4, 0.5) is 10.1 Å². The van der Waals surface area contributed by atoms with E-state index in [-0.39, 0.29) is 5.82 Å². The zero-order valence-corrected chi connectivity index (χ0v) is 14.9. The van der Waals surface area contributed by atoms with Crippen LogP contribution in [0.5, 0.6) is 0 Å². The van der Waals surface area contributed by atoms with Gasteiger partial charge in [0.25, 0.3) is 0 Å². The maximum Gasteiger partial charge on any atom is 0.123 e. The number of hydrogen-bond donors (Lipinski definition) is 0. The fourth-order valence-corrected chi connectivity index (χ4v) is 4.00. The van der Waals surface area contributed by atoms with E-state index in [1.54, 1.807) is 12.1 Å². The summed E-state index contributed by atoms with van der Waals surface area (Å²) in [6.45, 7) is 4.20. The molecule has 3 nitrogen and oxygen atoms in total. The standard InChI is InChI=1S/C21H24FN3/c1-15-4-3-5-19-21(15)24(2)20(23-19)14-16-10-12-25(13-11-16)18-8-6-17(22)7-9-18/h3-9,16H,10-14H2,1-2H3. The quantitative estimate of drug-likeness (QED) is 0.702. The summed E-state index contributed by atoms with van der Waals surface area (Å²) in [4.78, 5) is 7.22. The highest BCUT2D eigenvalue weighted by molar-refractivity contribution is 5.79. The summed E-state index contributed by atoms with van der Waals surface area (Å²) in [6.07, 6.45) is 3.33. The maximum atomic E-state index is 13.1. The molecule has 1 aromatic heterocycles. The first-order valence-corrected chi connectivity index (χ1v) is 9.03. The third-order valence-electron chi connectivity index (χ3n) is 5.47. The lowest BCUT2D eigenvalue weighted by atomic mass is 9.93. The molecular formula is C21H24FN3. The summed E-state index contributed by atoms with van der Waals surface area (Å²) >= 11 is 0. The zero-order chi connectivity index (χ0) is 17.4. The van der Waals surface area contributed by atoms with Gasteiger partial charge in [-0.1, -0.05) is 12.1 Å². The largest absolute Gasteiger partial charge is 0.372 e. The second kappa shape index (κ2) is 6.51. The number of imidazole rings is 1. The zero-order valence-electron chi connectivity index (χ0n) is 14.9. The molecule has 0 radical (unpaired) electrons. The number of nitrogens with zero attached hydrogens (tertiary/aromatic N) is 3. The molecular weight excluding hydrogens is 313 g/mol. The van der Waals surface area contributed by atoms with Crippen molar-refractivity contribution in [1.82, 2.24) is 9.55 Å². The molecule has 0 unspecified atom stereocenters. The Labute approximate surface area is 148 Å². The number of halogens is 1. The molecule has 1 fully saturated rings. The fourth-order valence-electron chi connectivity index (χ4n) is 4.00. The van der Waals surface area contributed by atoms with Gasteiger partial charge < -0.3 is 9.47 Å². The van der Waals surface area contributed by atoms with E-state index in [4.69, 9.17) is 4.98 Å². The Bertz CT molecular complexity index is 874. The molecule has 1 aliphatic rings. The number of rotatable bonds is 3. The average molecular weight is 337 g/mol. The van der Waals surface area contributed by atoms with E-state index >= 15 is 0 Å². The van der Waals surface area contributed by atoms with E-state index < -0.39 is 0 Å². The molecule has 1 saturated heterocycles. The third kappa shape index (κ3) is 3.13. The van der Waals surface area contributed by atoms with Crippen LogP contribution in [0.15, 0.2) is 42.5 Å². The van der Waals surface area contributed by atoms with E-state index in [1.807, 2.05) is 12.1 Å². The second-order valence-corrected chi connectivity index (χ2v) is 7.14. The highest BCUT2D eigenvalue weighted by Gasteiger charge is 2.22. The van der Waals surface area contributed by atoms with Crippen molar-refractivity contribution >= 4 is 16.7 Å². The smallest absolute Gasteiger partial charge is 0.123 e. The monoisotopic (exact) mass is 337 g/mol. The third-order valence-corrected chi connectivity index (χ3v) is 5.47. The minimum atomic E-state index is -0.171. The summed E-state index contributed by atoms with van der Waals surface area (Å²) in [5, 5.41) is 0. The number of fused-ring (bicyclic) bond motifs is 1. The molecule has 0 amide bonds. The fraction of sp³-hybridized carbons (Fsp3) is 0.381. The van der Waals surface area contributed by atoms with E-state index in [2.05, 4.69) is 41.6 Å². The molecule has 4 heteroatoms. The van der Waals surface area contributed by atoms with Gasteiger partial charge >= 0.3 is 0 Å². The van der Waals surface area contributed by atoms with Crippen molar-refractivity contribution in [2.24, 2.45) is 13.0 Å². The number of anilines is 1. The molecule has 0 spiro atoms. The van der Waals surface area contributed by atoms with Crippen molar-refractivity contribution < 1.29 is 4.39 Å². The van der Waals surface area contributed by atoms with Crippen LogP contribution in [0.1, 0.15) is 24.2 Å². The predicted molar refractivity (Wildman–Crippen MR) is 100 cm³/mol. The highest BCUT2D eigenvalue weighted by Crippen LogP contribution is 2.27. The van der Waals surface area contributed by atoms with Crippen LogP contribution in [-0.4, -0.2) is 22.6 Å². The lowest BCUT2D eigenvalue weighted by Gasteiger charge is -2.33. The van der Waals surface area contributed by atoms with Crippen molar-refractivity contribution in [3.8, 4) is 0 Å². The predicted octanol–water partition coefficient (Wildman–Crippen LogP) is 4.48. The van der Waals surface area contributed by atoms with Crippen molar-refractivity contribution in [2.75, 3.05) is 18.0 Å². The van der Waals surface area contributed by atoms with E-state index in [0.717, 1.165) is 43.6 Å². The van der Waals surface area contributed by atoms with Crippen LogP contribution in [0.2, 0.25) is 0 Å². The van der Waals surface area contributed by atoms with E-state index in [1.165, 1.54) is 16.9 Å². The van der Waals surface area contributed by atoms with Crippen LogP contribution in [0, 0.1) is 18.7 Å². The normalized spacial score (nSPS) is 15.9. The molecule has 1 aliphatic heterocycles. The van der Waals surface area contributed by atoms with Gasteiger partial charge in [0.15, 0.2) is 0 Å². The van der Waals surface area contributed by atoms with Gasteiger partial charge in [-0.2, -0.15) is 0 Å². The Hall–Kier alpha value is -2.36. The lowest BCUT2D eigenvalue weighted by Crippen LogP contribution is -2.34. The number of piperidine rings is 1. The Morgan fingerprint density at radius 2 is 1.80 bits per heavy atom. The molecule has 0 saturated carbocycles. The molecule has 0 aliphatic carbocycles. The summed E-state index contributed by atoms with van der Waals surface area (Å²) in [6, 6.07) is 13.2. The number of hydrogen-bond acceptors (Lipinski definition) is 2. The van der Waals surface area contributed by atoms with Crippen LogP contribution >= 0.6 is 0 Å². The first-order chi connectivity index (χ1) is 12.1. The van der Waals surface area contributed by atoms with E-state index in [9.17, 15) is 4.39 Å². The molecule has 2 aromatic carbocycles. The molecule has 0 atom stereocenters. The maximum absolute atomic E-state index is 13.1. The first-order valence-electron chi connectivity index (χ1n) is 9.03. The van der Waals surface area contributed by atoms with Gasteiger partial charge in [0.2, 0.25) is 0 Å². The van der Waals surface area contributed by atoms with Gasteiger partial charge in [0.1, 0.15) is 11.6 Å². The first kappa shape index (κ1) is 16.1. The SMILES string of the molecule is Cc1cccc2nc(CC3CCN(c4ccc(F)cc4)CC3)n(C)c12. The lowest BCUT2D eigenvalue weighted by molar-refractivity contribution is 0.394. The second-order valence-electron chi connectivity index (χ2n) is 7.14. The van der Waals surface area contributed by atoms with Gasteiger partial charge in [0.05, 0.1) is 11.0 Å². The van der Waals surface area contributed by atoms with Crippen molar-refractivity contribution in [1.29, 1.82) is 0 Å². The summed E-state index contributed by atoms with van der Waals surface area (Å²) in [7, 11) is 2.13. The van der Waals surface area contributed by atoms with Crippen LogP contribution in [0.3, 0.4) is 0 Å². The molecule has 0 N–H and O–H groups in total. The average Bonchev–Trinajstić information content (AvgIpc) is 2.93. The van der Waals surface area contributed by atoms with Crippen LogP contribution in [-0.2, 0) is 13.5 Å². The summed E-state index contributed by atoms with van der Waals surface area (Å²) < 4.78 is 15.3.